The van der Waals surface area contributed by atoms with Gasteiger partial charge in [0.2, 0.25) is 5.91 Å². The van der Waals surface area contributed by atoms with Crippen molar-refractivity contribution in [1.82, 2.24) is 4.90 Å². The van der Waals surface area contributed by atoms with Crippen LogP contribution in [-0.2, 0) is 9.59 Å². The van der Waals surface area contributed by atoms with Crippen LogP contribution in [0.1, 0.15) is 58.3 Å². The first-order valence-electron chi connectivity index (χ1n) is 7.24. The topological polar surface area (TPSA) is 83.6 Å². The monoisotopic (exact) mass is 268 g/mol. The minimum Gasteiger partial charge on any atom is -0.480 e. The molecule has 19 heavy (non-hydrogen) atoms. The fraction of sp³-hybridized carbons (Fsp3) is 0.857. The molecular formula is C14H24N2O3. The lowest BCUT2D eigenvalue weighted by Crippen LogP contribution is -2.65. The summed E-state index contributed by atoms with van der Waals surface area (Å²) in [7, 11) is 0. The molecule has 0 aromatic carbocycles. The van der Waals surface area contributed by atoms with Crippen molar-refractivity contribution in [3.8, 4) is 0 Å². The molecule has 0 bridgehead atoms. The van der Waals surface area contributed by atoms with Crippen molar-refractivity contribution in [3.63, 3.8) is 0 Å². The Morgan fingerprint density at radius 1 is 1.05 bits per heavy atom. The molecule has 1 unspecified atom stereocenters. The zero-order valence-electron chi connectivity index (χ0n) is 11.7. The summed E-state index contributed by atoms with van der Waals surface area (Å²) in [5.74, 6) is -1.07. The molecule has 5 heteroatoms. The lowest BCUT2D eigenvalue weighted by Gasteiger charge is -2.46. The molecule has 0 aromatic rings. The predicted octanol–water partition coefficient (Wildman–Crippen LogP) is 1.50. The number of nitrogens with two attached hydrogens (primary N) is 1. The highest BCUT2D eigenvalue weighted by Crippen LogP contribution is 2.34. The minimum atomic E-state index is -1.08. The molecule has 2 aliphatic rings. The first-order valence-corrected chi connectivity index (χ1v) is 7.24. The standard InChI is InChI=1S/C14H24N2O3/c1-13(12(18)19)7-5-6-10-16(13)11(17)14(15)8-3-2-4-9-14/h2-10,15H2,1H3,(H,18,19). The van der Waals surface area contributed by atoms with Crippen LogP contribution in [0.3, 0.4) is 0 Å². The zero-order chi connectivity index (χ0) is 14.1. The molecule has 1 saturated carbocycles. The first-order chi connectivity index (χ1) is 8.90. The molecule has 0 spiro atoms. The molecule has 3 N–H and O–H groups in total. The third-order valence-electron chi connectivity index (χ3n) is 4.77. The number of hydrogen-bond donors (Lipinski definition) is 2. The molecule has 1 saturated heterocycles. The van der Waals surface area contributed by atoms with Crippen LogP contribution in [0.25, 0.3) is 0 Å². The Kier molecular flexibility index (Phi) is 3.85. The van der Waals surface area contributed by atoms with Crippen LogP contribution in [0.5, 0.6) is 0 Å². The number of rotatable bonds is 2. The number of aliphatic carboxylic acids is 1. The van der Waals surface area contributed by atoms with E-state index in [1.165, 1.54) is 4.90 Å². The lowest BCUT2D eigenvalue weighted by atomic mass is 9.79. The number of carbonyl (C=O) groups is 2. The van der Waals surface area contributed by atoms with Crippen molar-refractivity contribution in [2.45, 2.75) is 69.4 Å². The Labute approximate surface area is 114 Å². The van der Waals surface area contributed by atoms with E-state index in [0.717, 1.165) is 32.1 Å². The van der Waals surface area contributed by atoms with Crippen molar-refractivity contribution in [2.75, 3.05) is 6.54 Å². The van der Waals surface area contributed by atoms with Gasteiger partial charge in [-0.3, -0.25) is 4.79 Å². The molecule has 1 atom stereocenters. The zero-order valence-corrected chi connectivity index (χ0v) is 11.7. The Hall–Kier alpha value is -1.10. The number of piperidine rings is 1. The van der Waals surface area contributed by atoms with E-state index in [-0.39, 0.29) is 5.91 Å². The summed E-state index contributed by atoms with van der Waals surface area (Å²) in [6.45, 7) is 2.17. The molecule has 1 heterocycles. The first kappa shape index (κ1) is 14.3. The van der Waals surface area contributed by atoms with Gasteiger partial charge in [0, 0.05) is 6.54 Å². The maximum Gasteiger partial charge on any atom is 0.329 e. The van der Waals surface area contributed by atoms with Crippen LogP contribution in [0, 0.1) is 0 Å². The largest absolute Gasteiger partial charge is 0.480 e. The molecule has 5 nitrogen and oxygen atoms in total. The summed E-state index contributed by atoms with van der Waals surface area (Å²) >= 11 is 0. The number of hydrogen-bond acceptors (Lipinski definition) is 3. The summed E-state index contributed by atoms with van der Waals surface area (Å²) in [6.07, 6.45) is 6.62. The van der Waals surface area contributed by atoms with Gasteiger partial charge in [-0.25, -0.2) is 4.79 Å². The highest BCUT2D eigenvalue weighted by Gasteiger charge is 2.49. The molecule has 1 aliphatic carbocycles. The minimum absolute atomic E-state index is 0.156. The van der Waals surface area contributed by atoms with Gasteiger partial charge < -0.3 is 15.7 Å². The number of likely N-dealkylation sites (tertiary alicyclic amines) is 1. The average molecular weight is 268 g/mol. The molecule has 1 aliphatic heterocycles. The van der Waals surface area contributed by atoms with Crippen molar-refractivity contribution >= 4 is 11.9 Å². The van der Waals surface area contributed by atoms with Crippen LogP contribution in [0.2, 0.25) is 0 Å². The van der Waals surface area contributed by atoms with E-state index in [1.807, 2.05) is 0 Å². The van der Waals surface area contributed by atoms with E-state index >= 15 is 0 Å². The molecule has 108 valence electrons. The summed E-state index contributed by atoms with van der Waals surface area (Å²) in [5, 5.41) is 9.46. The number of carbonyl (C=O) groups excluding carboxylic acids is 1. The van der Waals surface area contributed by atoms with E-state index in [9.17, 15) is 14.7 Å². The van der Waals surface area contributed by atoms with Crippen molar-refractivity contribution in [2.24, 2.45) is 5.73 Å². The van der Waals surface area contributed by atoms with Gasteiger partial charge in [0.05, 0.1) is 5.54 Å². The molecule has 0 radical (unpaired) electrons. The summed E-state index contributed by atoms with van der Waals surface area (Å²) in [6, 6.07) is 0. The van der Waals surface area contributed by atoms with E-state index in [1.54, 1.807) is 6.92 Å². The van der Waals surface area contributed by atoms with Crippen LogP contribution < -0.4 is 5.73 Å². The fourth-order valence-electron chi connectivity index (χ4n) is 3.33. The third-order valence-corrected chi connectivity index (χ3v) is 4.77. The maximum absolute atomic E-state index is 12.7. The second-order valence-electron chi connectivity index (χ2n) is 6.21. The van der Waals surface area contributed by atoms with Gasteiger partial charge in [-0.2, -0.15) is 0 Å². The van der Waals surface area contributed by atoms with E-state index in [2.05, 4.69) is 0 Å². The van der Waals surface area contributed by atoms with Crippen molar-refractivity contribution < 1.29 is 14.7 Å². The number of carboxylic acids is 1. The highest BCUT2D eigenvalue weighted by atomic mass is 16.4. The van der Waals surface area contributed by atoms with E-state index in [4.69, 9.17) is 5.73 Å². The van der Waals surface area contributed by atoms with Crippen LogP contribution in [0.15, 0.2) is 0 Å². The Morgan fingerprint density at radius 2 is 1.63 bits per heavy atom. The lowest BCUT2D eigenvalue weighted by molar-refractivity contribution is -0.164. The second-order valence-corrected chi connectivity index (χ2v) is 6.21. The van der Waals surface area contributed by atoms with Gasteiger partial charge in [-0.05, 0) is 39.0 Å². The molecular weight excluding hydrogens is 244 g/mol. The van der Waals surface area contributed by atoms with Crippen LogP contribution >= 0.6 is 0 Å². The normalized spacial score (nSPS) is 30.9. The Bertz CT molecular complexity index is 377. The van der Waals surface area contributed by atoms with E-state index in [0.29, 0.717) is 25.8 Å². The van der Waals surface area contributed by atoms with Crippen molar-refractivity contribution in [1.29, 1.82) is 0 Å². The Morgan fingerprint density at radius 3 is 2.21 bits per heavy atom. The van der Waals surface area contributed by atoms with Gasteiger partial charge >= 0.3 is 5.97 Å². The number of amides is 1. The fourth-order valence-corrected chi connectivity index (χ4v) is 3.33. The molecule has 2 fully saturated rings. The smallest absolute Gasteiger partial charge is 0.329 e. The highest BCUT2D eigenvalue weighted by molar-refractivity contribution is 5.92. The van der Waals surface area contributed by atoms with Crippen LogP contribution in [-0.4, -0.2) is 39.5 Å². The predicted molar refractivity (Wildman–Crippen MR) is 71.6 cm³/mol. The molecule has 0 aromatic heterocycles. The third kappa shape index (κ3) is 2.48. The Balaban J connectivity index is 2.22. The molecule has 1 amide bonds. The molecule has 2 rings (SSSR count). The van der Waals surface area contributed by atoms with Gasteiger partial charge in [0.25, 0.3) is 0 Å². The quantitative estimate of drug-likeness (QED) is 0.795. The summed E-state index contributed by atoms with van der Waals surface area (Å²) in [4.78, 5) is 25.8. The van der Waals surface area contributed by atoms with Crippen molar-refractivity contribution in [3.05, 3.63) is 0 Å². The summed E-state index contributed by atoms with van der Waals surface area (Å²) in [5.41, 5.74) is 4.35. The number of nitrogens with zero attached hydrogens (tertiary/aromatic N) is 1. The van der Waals surface area contributed by atoms with Gasteiger partial charge in [0.1, 0.15) is 5.54 Å². The SMILES string of the molecule is CC1(C(=O)O)CCCCN1C(=O)C1(N)CCCCC1. The summed E-state index contributed by atoms with van der Waals surface area (Å²) < 4.78 is 0. The average Bonchev–Trinajstić information content (AvgIpc) is 2.39. The second kappa shape index (κ2) is 5.12. The van der Waals surface area contributed by atoms with Gasteiger partial charge in [0.15, 0.2) is 0 Å². The van der Waals surface area contributed by atoms with E-state index < -0.39 is 17.0 Å². The van der Waals surface area contributed by atoms with Gasteiger partial charge in [-0.15, -0.1) is 0 Å². The van der Waals surface area contributed by atoms with Crippen LogP contribution in [0.4, 0.5) is 0 Å². The van der Waals surface area contributed by atoms with Gasteiger partial charge in [-0.1, -0.05) is 19.3 Å². The maximum atomic E-state index is 12.7. The number of carboxylic acid groups (broad SMARTS) is 1.